The van der Waals surface area contributed by atoms with Crippen LogP contribution in [0.3, 0.4) is 0 Å². The number of hydrogen-bond donors (Lipinski definition) is 1. The molecule has 5 nitrogen and oxygen atoms in total. The van der Waals surface area contributed by atoms with Gasteiger partial charge in [0, 0.05) is 24.0 Å². The van der Waals surface area contributed by atoms with Crippen molar-refractivity contribution in [3.63, 3.8) is 0 Å². The van der Waals surface area contributed by atoms with Crippen LogP contribution in [-0.2, 0) is 24.2 Å². The summed E-state index contributed by atoms with van der Waals surface area (Å²) in [6.07, 6.45) is 8.93. The highest BCUT2D eigenvalue weighted by Gasteiger charge is 2.19. The quantitative estimate of drug-likeness (QED) is 0.922. The van der Waals surface area contributed by atoms with Gasteiger partial charge >= 0.3 is 0 Å². The fourth-order valence-corrected chi connectivity index (χ4v) is 3.89. The van der Waals surface area contributed by atoms with Crippen LogP contribution in [0.1, 0.15) is 53.4 Å². The first-order chi connectivity index (χ1) is 10.6. The minimum atomic E-state index is -0.0116. The van der Waals surface area contributed by atoms with Crippen molar-refractivity contribution in [2.75, 3.05) is 0 Å². The Morgan fingerprint density at radius 3 is 3.00 bits per heavy atom. The molecule has 0 spiro atoms. The van der Waals surface area contributed by atoms with Crippen LogP contribution in [0.15, 0.2) is 12.4 Å². The van der Waals surface area contributed by atoms with E-state index in [9.17, 15) is 4.79 Å². The highest BCUT2D eigenvalue weighted by Crippen LogP contribution is 2.29. The van der Waals surface area contributed by atoms with Crippen molar-refractivity contribution in [3.05, 3.63) is 33.5 Å². The van der Waals surface area contributed by atoms with Gasteiger partial charge in [-0.2, -0.15) is 5.10 Å². The average molecular weight is 318 g/mol. The molecule has 1 aliphatic carbocycles. The van der Waals surface area contributed by atoms with Gasteiger partial charge in [0.2, 0.25) is 5.91 Å². The van der Waals surface area contributed by atoms with Gasteiger partial charge in [0.1, 0.15) is 5.01 Å². The number of nitrogens with one attached hydrogen (secondary N) is 1. The van der Waals surface area contributed by atoms with Crippen LogP contribution in [0.4, 0.5) is 0 Å². The number of aryl methyl sites for hydroxylation is 4. The van der Waals surface area contributed by atoms with Crippen molar-refractivity contribution >= 4 is 17.2 Å². The Morgan fingerprint density at radius 1 is 1.45 bits per heavy atom. The number of carbonyl (C=O) groups excluding carboxylic acids is 1. The van der Waals surface area contributed by atoms with E-state index in [0.29, 0.717) is 13.0 Å². The van der Waals surface area contributed by atoms with E-state index in [2.05, 4.69) is 10.4 Å². The predicted octanol–water partition coefficient (Wildman–Crippen LogP) is 2.79. The summed E-state index contributed by atoms with van der Waals surface area (Å²) >= 11 is 1.76. The molecule has 0 aliphatic heterocycles. The zero-order valence-electron chi connectivity index (χ0n) is 13.1. The maximum Gasteiger partial charge on any atom is 0.222 e. The third kappa shape index (κ3) is 3.55. The monoisotopic (exact) mass is 318 g/mol. The van der Waals surface area contributed by atoms with Crippen LogP contribution in [0, 0.1) is 6.92 Å². The van der Waals surface area contributed by atoms with Crippen LogP contribution in [-0.4, -0.2) is 20.7 Å². The maximum atomic E-state index is 12.1. The van der Waals surface area contributed by atoms with E-state index in [1.54, 1.807) is 17.5 Å². The zero-order chi connectivity index (χ0) is 15.5. The maximum absolute atomic E-state index is 12.1. The Kier molecular flexibility index (Phi) is 4.57. The third-order valence-electron chi connectivity index (χ3n) is 3.94. The minimum absolute atomic E-state index is 0.0116. The van der Waals surface area contributed by atoms with Crippen LogP contribution < -0.4 is 5.32 Å². The fourth-order valence-electron chi connectivity index (χ4n) is 2.74. The molecule has 22 heavy (non-hydrogen) atoms. The number of aromatic nitrogens is 3. The molecule has 1 N–H and O–H groups in total. The number of amides is 1. The molecule has 0 saturated carbocycles. The first-order valence-corrected chi connectivity index (χ1v) is 8.70. The van der Waals surface area contributed by atoms with Gasteiger partial charge in [-0.3, -0.25) is 9.48 Å². The van der Waals surface area contributed by atoms with Crippen LogP contribution in [0.25, 0.3) is 0 Å². The minimum Gasteiger partial charge on any atom is -0.347 e. The van der Waals surface area contributed by atoms with E-state index in [1.807, 2.05) is 24.7 Å². The molecule has 0 unspecified atom stereocenters. The molecule has 1 aliphatic rings. The van der Waals surface area contributed by atoms with Gasteiger partial charge in [-0.1, -0.05) is 0 Å². The molecular weight excluding hydrogens is 296 g/mol. The predicted molar refractivity (Wildman–Crippen MR) is 86.9 cm³/mol. The van der Waals surface area contributed by atoms with Crippen LogP contribution in [0.5, 0.6) is 0 Å². The molecule has 118 valence electrons. The van der Waals surface area contributed by atoms with Gasteiger partial charge in [-0.15, -0.1) is 11.3 Å². The number of carbonyl (C=O) groups is 1. The van der Waals surface area contributed by atoms with Crippen molar-refractivity contribution in [2.24, 2.45) is 0 Å². The summed E-state index contributed by atoms with van der Waals surface area (Å²) in [5.41, 5.74) is 2.36. The molecule has 0 bridgehead atoms. The van der Waals surface area contributed by atoms with E-state index in [1.165, 1.54) is 23.4 Å². The molecule has 0 radical (unpaired) electrons. The normalized spacial score (nSPS) is 15.4. The SMILES string of the molecule is Cc1cnn(CCC(=O)N[C@H](C)c2nc3c(s2)CCCC3)c1. The molecule has 2 aromatic rings. The lowest BCUT2D eigenvalue weighted by molar-refractivity contribution is -0.122. The van der Waals surface area contributed by atoms with Gasteiger partial charge < -0.3 is 5.32 Å². The fraction of sp³-hybridized carbons (Fsp3) is 0.562. The summed E-state index contributed by atoms with van der Waals surface area (Å²) in [4.78, 5) is 18.2. The number of thiazole rings is 1. The standard InChI is InChI=1S/C16H22N4OS/c1-11-9-17-20(10-11)8-7-15(21)18-12(2)16-19-13-5-3-4-6-14(13)22-16/h9-10,12H,3-8H2,1-2H3,(H,18,21)/t12-/m1/s1. The second-order valence-corrected chi connectivity index (χ2v) is 7.06. The molecule has 1 atom stereocenters. The number of nitrogens with zero attached hydrogens (tertiary/aromatic N) is 3. The summed E-state index contributed by atoms with van der Waals surface area (Å²) in [5, 5.41) is 8.28. The van der Waals surface area contributed by atoms with Crippen LogP contribution >= 0.6 is 11.3 Å². The van der Waals surface area contributed by atoms with E-state index >= 15 is 0 Å². The molecule has 2 aromatic heterocycles. The highest BCUT2D eigenvalue weighted by atomic mass is 32.1. The summed E-state index contributed by atoms with van der Waals surface area (Å²) < 4.78 is 1.81. The lowest BCUT2D eigenvalue weighted by Crippen LogP contribution is -2.27. The Hall–Kier alpha value is -1.69. The summed E-state index contributed by atoms with van der Waals surface area (Å²) in [6, 6.07) is -0.0116. The van der Waals surface area contributed by atoms with E-state index in [-0.39, 0.29) is 11.9 Å². The summed E-state index contributed by atoms with van der Waals surface area (Å²) in [7, 11) is 0. The van der Waals surface area contributed by atoms with Crippen molar-refractivity contribution in [2.45, 2.75) is 58.5 Å². The molecule has 3 rings (SSSR count). The van der Waals surface area contributed by atoms with Gasteiger partial charge in [0.25, 0.3) is 0 Å². The first kappa shape index (κ1) is 15.2. The Labute approximate surface area is 134 Å². The summed E-state index contributed by atoms with van der Waals surface area (Å²) in [5.74, 6) is 0.0498. The van der Waals surface area contributed by atoms with Crippen molar-refractivity contribution < 1.29 is 4.79 Å². The Morgan fingerprint density at radius 2 is 2.27 bits per heavy atom. The van der Waals surface area contributed by atoms with Crippen LogP contribution in [0.2, 0.25) is 0 Å². The lowest BCUT2D eigenvalue weighted by Gasteiger charge is -2.11. The topological polar surface area (TPSA) is 59.8 Å². The second kappa shape index (κ2) is 6.60. The molecule has 0 fully saturated rings. The van der Waals surface area contributed by atoms with E-state index in [0.717, 1.165) is 23.4 Å². The smallest absolute Gasteiger partial charge is 0.222 e. The van der Waals surface area contributed by atoms with Gasteiger partial charge in [0.15, 0.2) is 0 Å². The molecule has 0 aromatic carbocycles. The molecule has 0 saturated heterocycles. The number of rotatable bonds is 5. The lowest BCUT2D eigenvalue weighted by atomic mass is 10.0. The Balaban J connectivity index is 1.53. The van der Waals surface area contributed by atoms with E-state index in [4.69, 9.17) is 4.98 Å². The van der Waals surface area contributed by atoms with Crippen molar-refractivity contribution in [3.8, 4) is 0 Å². The van der Waals surface area contributed by atoms with Gasteiger partial charge in [0.05, 0.1) is 17.9 Å². The largest absolute Gasteiger partial charge is 0.347 e. The van der Waals surface area contributed by atoms with Gasteiger partial charge in [-0.25, -0.2) is 4.98 Å². The molecule has 1 amide bonds. The van der Waals surface area contributed by atoms with E-state index < -0.39 is 0 Å². The molecule has 6 heteroatoms. The average Bonchev–Trinajstić information content (AvgIpc) is 3.11. The number of hydrogen-bond acceptors (Lipinski definition) is 4. The Bertz CT molecular complexity index is 637. The van der Waals surface area contributed by atoms with Crippen molar-refractivity contribution in [1.82, 2.24) is 20.1 Å². The highest BCUT2D eigenvalue weighted by molar-refractivity contribution is 7.11. The molecule has 2 heterocycles. The number of fused-ring (bicyclic) bond motifs is 1. The zero-order valence-corrected chi connectivity index (χ0v) is 13.9. The summed E-state index contributed by atoms with van der Waals surface area (Å²) in [6.45, 7) is 4.62. The van der Waals surface area contributed by atoms with Gasteiger partial charge in [-0.05, 0) is 45.1 Å². The van der Waals surface area contributed by atoms with Crippen molar-refractivity contribution in [1.29, 1.82) is 0 Å². The molecular formula is C16H22N4OS. The third-order valence-corrected chi connectivity index (χ3v) is 5.28. The first-order valence-electron chi connectivity index (χ1n) is 7.88. The second-order valence-electron chi connectivity index (χ2n) is 5.95.